The van der Waals surface area contributed by atoms with Crippen molar-refractivity contribution in [2.45, 2.75) is 66.3 Å². The molecule has 0 bridgehead atoms. The third-order valence-electron chi connectivity index (χ3n) is 3.17. The highest BCUT2D eigenvalue weighted by molar-refractivity contribution is 5.87. The lowest BCUT2D eigenvalue weighted by Crippen LogP contribution is -2.25. The Morgan fingerprint density at radius 1 is 1.23 bits per heavy atom. The summed E-state index contributed by atoms with van der Waals surface area (Å²) < 4.78 is 18.7. The van der Waals surface area contributed by atoms with E-state index in [0.717, 1.165) is 0 Å². The molecule has 1 amide bonds. The number of hydrogen-bond donors (Lipinski definition) is 1. The van der Waals surface area contributed by atoms with Crippen LogP contribution in [0.3, 0.4) is 0 Å². The van der Waals surface area contributed by atoms with Crippen LogP contribution < -0.4 is 5.32 Å². The number of rotatable bonds is 10. The molecule has 26 heavy (non-hydrogen) atoms. The molecular weight excluding hydrogens is 340 g/mol. The normalized spacial score (nSPS) is 12.9. The fourth-order valence-corrected chi connectivity index (χ4v) is 2.13. The van der Waals surface area contributed by atoms with Gasteiger partial charge in [0.25, 0.3) is 0 Å². The molecule has 0 aliphatic heterocycles. The Bertz CT molecular complexity index is 718. The van der Waals surface area contributed by atoms with Gasteiger partial charge >= 0.3 is 0 Å². The number of ether oxygens (including phenoxy) is 3. The third kappa shape index (κ3) is 6.28. The summed E-state index contributed by atoms with van der Waals surface area (Å²) in [5, 5.41) is 10.5. The number of amides is 1. The molecule has 2 aromatic heterocycles. The molecule has 1 unspecified atom stereocenters. The molecule has 0 aromatic carbocycles. The summed E-state index contributed by atoms with van der Waals surface area (Å²) in [7, 11) is 0. The van der Waals surface area contributed by atoms with Gasteiger partial charge in [-0.1, -0.05) is 5.21 Å². The molecule has 2 heterocycles. The van der Waals surface area contributed by atoms with Crippen LogP contribution in [-0.4, -0.2) is 56.0 Å². The first kappa shape index (κ1) is 20.1. The van der Waals surface area contributed by atoms with Gasteiger partial charge in [0.15, 0.2) is 6.29 Å². The number of carbonyl (C=O) groups excluding carboxylic acids is 1. The van der Waals surface area contributed by atoms with Crippen molar-refractivity contribution in [1.82, 2.24) is 25.0 Å². The van der Waals surface area contributed by atoms with Gasteiger partial charge in [-0.05, 0) is 27.7 Å². The Balaban J connectivity index is 1.99. The standard InChI is InChI=1S/C16H26N6O4/c1-10(2)24-7-6-14(26-11(3)4)25-9-22-13-8-17-16(18-12(5)23)19-15(13)20-21-22/h8,10-11,14H,6-7,9H2,1-5H3,(H,17,18,19,23). The van der Waals surface area contributed by atoms with Crippen LogP contribution in [0.4, 0.5) is 5.95 Å². The maximum Gasteiger partial charge on any atom is 0.231 e. The fourth-order valence-electron chi connectivity index (χ4n) is 2.13. The third-order valence-corrected chi connectivity index (χ3v) is 3.17. The molecule has 0 saturated carbocycles. The molecule has 0 aliphatic rings. The molecule has 10 heteroatoms. The van der Waals surface area contributed by atoms with Crippen LogP contribution in [0.1, 0.15) is 41.0 Å². The molecule has 0 radical (unpaired) electrons. The summed E-state index contributed by atoms with van der Waals surface area (Å²) in [5.74, 6) is -0.0674. The lowest BCUT2D eigenvalue weighted by molar-refractivity contribution is -0.191. The van der Waals surface area contributed by atoms with Gasteiger partial charge < -0.3 is 14.2 Å². The van der Waals surface area contributed by atoms with Crippen molar-refractivity contribution >= 4 is 23.0 Å². The van der Waals surface area contributed by atoms with Gasteiger partial charge in [0.05, 0.1) is 25.0 Å². The number of fused-ring (bicyclic) bond motifs is 1. The van der Waals surface area contributed by atoms with Gasteiger partial charge in [-0.15, -0.1) is 5.10 Å². The molecule has 10 nitrogen and oxygen atoms in total. The summed E-state index contributed by atoms with van der Waals surface area (Å²) in [4.78, 5) is 19.3. The lowest BCUT2D eigenvalue weighted by atomic mass is 10.4. The maximum atomic E-state index is 11.1. The van der Waals surface area contributed by atoms with E-state index in [1.165, 1.54) is 17.8 Å². The van der Waals surface area contributed by atoms with Gasteiger partial charge in [0.1, 0.15) is 12.2 Å². The average molecular weight is 366 g/mol. The number of nitrogens with one attached hydrogen (secondary N) is 1. The molecule has 0 saturated heterocycles. The van der Waals surface area contributed by atoms with Crippen LogP contribution in [0.15, 0.2) is 6.20 Å². The van der Waals surface area contributed by atoms with Crippen LogP contribution in [0.5, 0.6) is 0 Å². The van der Waals surface area contributed by atoms with Gasteiger partial charge in [0, 0.05) is 13.3 Å². The van der Waals surface area contributed by atoms with Gasteiger partial charge in [-0.3, -0.25) is 10.1 Å². The minimum Gasteiger partial charge on any atom is -0.379 e. The van der Waals surface area contributed by atoms with E-state index >= 15 is 0 Å². The van der Waals surface area contributed by atoms with Crippen molar-refractivity contribution in [1.29, 1.82) is 0 Å². The highest BCUT2D eigenvalue weighted by Gasteiger charge is 2.15. The molecule has 1 N–H and O–H groups in total. The highest BCUT2D eigenvalue weighted by Crippen LogP contribution is 2.12. The number of hydrogen-bond acceptors (Lipinski definition) is 8. The minimum absolute atomic E-state index is 0.0232. The predicted octanol–water partition coefficient (Wildman–Crippen LogP) is 1.72. The van der Waals surface area contributed by atoms with E-state index in [0.29, 0.717) is 24.2 Å². The monoisotopic (exact) mass is 366 g/mol. The smallest absolute Gasteiger partial charge is 0.231 e. The minimum atomic E-state index is -0.424. The van der Waals surface area contributed by atoms with Crippen LogP contribution in [-0.2, 0) is 25.7 Å². The van der Waals surface area contributed by atoms with E-state index in [2.05, 4.69) is 25.6 Å². The second-order valence-corrected chi connectivity index (χ2v) is 6.29. The van der Waals surface area contributed by atoms with Gasteiger partial charge in [-0.25, -0.2) is 9.67 Å². The Labute approximate surface area is 152 Å². The van der Waals surface area contributed by atoms with Crippen molar-refractivity contribution in [2.75, 3.05) is 11.9 Å². The van der Waals surface area contributed by atoms with Crippen molar-refractivity contribution in [2.24, 2.45) is 0 Å². The first-order valence-corrected chi connectivity index (χ1v) is 8.57. The summed E-state index contributed by atoms with van der Waals surface area (Å²) >= 11 is 0. The summed E-state index contributed by atoms with van der Waals surface area (Å²) in [5.41, 5.74) is 0.970. The first-order valence-electron chi connectivity index (χ1n) is 8.57. The zero-order valence-electron chi connectivity index (χ0n) is 15.8. The number of nitrogens with zero attached hydrogens (tertiary/aromatic N) is 5. The second-order valence-electron chi connectivity index (χ2n) is 6.29. The maximum absolute atomic E-state index is 11.1. The quantitative estimate of drug-likeness (QED) is 0.632. The Hall–Kier alpha value is -2.17. The molecule has 2 aromatic rings. The number of anilines is 1. The van der Waals surface area contributed by atoms with Crippen LogP contribution >= 0.6 is 0 Å². The SMILES string of the molecule is CC(=O)Nc1ncc2c(nnn2COC(CCOC(C)C)OC(C)C)n1. The summed E-state index contributed by atoms with van der Waals surface area (Å²) in [6, 6.07) is 0. The topological polar surface area (TPSA) is 113 Å². The fraction of sp³-hybridized carbons (Fsp3) is 0.688. The second kappa shape index (κ2) is 9.51. The van der Waals surface area contributed by atoms with E-state index in [-0.39, 0.29) is 30.8 Å². The highest BCUT2D eigenvalue weighted by atomic mass is 16.7. The van der Waals surface area contributed by atoms with Crippen molar-refractivity contribution < 1.29 is 19.0 Å². The van der Waals surface area contributed by atoms with Crippen LogP contribution in [0, 0.1) is 0 Å². The summed E-state index contributed by atoms with van der Waals surface area (Å²) in [6.07, 6.45) is 1.90. The van der Waals surface area contributed by atoms with Crippen LogP contribution in [0.2, 0.25) is 0 Å². The number of aromatic nitrogens is 5. The largest absolute Gasteiger partial charge is 0.379 e. The van der Waals surface area contributed by atoms with Crippen molar-refractivity contribution in [3.63, 3.8) is 0 Å². The van der Waals surface area contributed by atoms with Crippen molar-refractivity contribution in [3.05, 3.63) is 6.20 Å². The molecular formula is C16H26N6O4. The molecule has 0 fully saturated rings. The molecule has 0 spiro atoms. The van der Waals surface area contributed by atoms with Gasteiger partial charge in [0.2, 0.25) is 17.5 Å². The molecule has 0 aliphatic carbocycles. The average Bonchev–Trinajstić information content (AvgIpc) is 2.93. The lowest BCUT2D eigenvalue weighted by Gasteiger charge is -2.21. The number of carbonyl (C=O) groups is 1. The van der Waals surface area contributed by atoms with Crippen LogP contribution in [0.25, 0.3) is 11.2 Å². The Morgan fingerprint density at radius 3 is 2.65 bits per heavy atom. The Kier molecular flexibility index (Phi) is 7.37. The van der Waals surface area contributed by atoms with E-state index < -0.39 is 6.29 Å². The van der Waals surface area contributed by atoms with Crippen molar-refractivity contribution in [3.8, 4) is 0 Å². The zero-order chi connectivity index (χ0) is 19.1. The van der Waals surface area contributed by atoms with E-state index in [4.69, 9.17) is 14.2 Å². The van der Waals surface area contributed by atoms with Gasteiger partial charge in [-0.2, -0.15) is 4.98 Å². The van der Waals surface area contributed by atoms with E-state index in [9.17, 15) is 4.79 Å². The summed E-state index contributed by atoms with van der Waals surface area (Å²) in [6.45, 7) is 9.92. The van der Waals surface area contributed by atoms with E-state index in [1.807, 2.05) is 27.7 Å². The zero-order valence-corrected chi connectivity index (χ0v) is 15.8. The molecule has 2 rings (SSSR count). The molecule has 1 atom stereocenters. The van der Waals surface area contributed by atoms with E-state index in [1.54, 1.807) is 0 Å². The Morgan fingerprint density at radius 2 is 2.00 bits per heavy atom. The first-order chi connectivity index (χ1) is 12.3. The molecule has 144 valence electrons. The predicted molar refractivity (Wildman–Crippen MR) is 94.2 cm³/mol.